The molecule has 1 aromatic carbocycles. The number of thiocarbonyl (C=S) groups is 1. The molecule has 0 radical (unpaired) electrons. The van der Waals surface area contributed by atoms with Gasteiger partial charge in [-0.15, -0.1) is 0 Å². The van der Waals surface area contributed by atoms with Gasteiger partial charge >= 0.3 is 0 Å². The molecule has 2 amide bonds. The lowest BCUT2D eigenvalue weighted by atomic mass is 10.2. The zero-order chi connectivity index (χ0) is 18.2. The van der Waals surface area contributed by atoms with Crippen LogP contribution in [0.3, 0.4) is 0 Å². The molecule has 0 saturated carbocycles. The summed E-state index contributed by atoms with van der Waals surface area (Å²) in [7, 11) is 1.59. The van der Waals surface area contributed by atoms with Gasteiger partial charge in [-0.25, -0.2) is 4.39 Å². The van der Waals surface area contributed by atoms with Gasteiger partial charge in [-0.1, -0.05) is 12.1 Å². The van der Waals surface area contributed by atoms with Crippen LogP contribution in [0.2, 0.25) is 0 Å². The van der Waals surface area contributed by atoms with E-state index in [0.29, 0.717) is 35.3 Å². The van der Waals surface area contributed by atoms with Crippen LogP contribution in [0.5, 0.6) is 0 Å². The van der Waals surface area contributed by atoms with E-state index < -0.39 is 0 Å². The molecule has 0 atom stereocenters. The van der Waals surface area contributed by atoms with Crippen molar-refractivity contribution in [1.82, 2.24) is 15.5 Å². The Morgan fingerprint density at radius 3 is 2.64 bits per heavy atom. The fraction of sp³-hybridized carbons (Fsp3) is 0.312. The average molecular weight is 383 g/mol. The van der Waals surface area contributed by atoms with Gasteiger partial charge in [0.1, 0.15) is 5.82 Å². The second kappa shape index (κ2) is 9.50. The molecule has 0 bridgehead atoms. The van der Waals surface area contributed by atoms with Gasteiger partial charge in [0.05, 0.1) is 11.5 Å². The summed E-state index contributed by atoms with van der Waals surface area (Å²) < 4.78 is 17.8. The lowest BCUT2D eigenvalue weighted by molar-refractivity contribution is -0.122. The standard InChI is InChI=1S/C16H18FN3O3S2/c1-23-9-7-19-15(24)18-6-8-20-14(21)13(25-16(20)22)10-11-2-4-12(17)5-3-11/h2-5,10H,6-9H2,1H3,(H2,18,19,24)/b13-10-. The van der Waals surface area contributed by atoms with Crippen LogP contribution in [0.1, 0.15) is 5.56 Å². The van der Waals surface area contributed by atoms with E-state index in [1.54, 1.807) is 25.3 Å². The Kier molecular flexibility index (Phi) is 7.35. The number of imide groups is 1. The summed E-state index contributed by atoms with van der Waals surface area (Å²) in [6.07, 6.45) is 1.58. The fourth-order valence-corrected chi connectivity index (χ4v) is 3.08. The highest BCUT2D eigenvalue weighted by atomic mass is 32.2. The number of methoxy groups -OCH3 is 1. The lowest BCUT2D eigenvalue weighted by Crippen LogP contribution is -2.42. The molecule has 6 nitrogen and oxygen atoms in total. The molecule has 25 heavy (non-hydrogen) atoms. The zero-order valence-electron chi connectivity index (χ0n) is 13.6. The molecule has 2 rings (SSSR count). The molecule has 0 unspecified atom stereocenters. The van der Waals surface area contributed by atoms with Crippen molar-refractivity contribution in [2.45, 2.75) is 0 Å². The molecule has 0 aliphatic carbocycles. The Morgan fingerprint density at radius 1 is 1.28 bits per heavy atom. The number of rotatable bonds is 7. The second-order valence-corrected chi connectivity index (χ2v) is 6.46. The van der Waals surface area contributed by atoms with Gasteiger partial charge < -0.3 is 15.4 Å². The molecule has 1 fully saturated rings. The number of hydrogen-bond acceptors (Lipinski definition) is 5. The van der Waals surface area contributed by atoms with Crippen LogP contribution in [0, 0.1) is 5.82 Å². The van der Waals surface area contributed by atoms with E-state index in [-0.39, 0.29) is 23.5 Å². The van der Waals surface area contributed by atoms with E-state index in [9.17, 15) is 14.0 Å². The molecule has 1 aromatic rings. The first-order chi connectivity index (χ1) is 12.0. The summed E-state index contributed by atoms with van der Waals surface area (Å²) >= 11 is 5.94. The highest BCUT2D eigenvalue weighted by molar-refractivity contribution is 8.18. The van der Waals surface area contributed by atoms with E-state index in [1.807, 2.05) is 0 Å². The topological polar surface area (TPSA) is 70.7 Å². The Bertz CT molecular complexity index is 680. The number of carbonyl (C=O) groups is 2. The molecule has 134 valence electrons. The van der Waals surface area contributed by atoms with Gasteiger partial charge in [-0.05, 0) is 47.8 Å². The number of nitrogens with one attached hydrogen (secondary N) is 2. The molecule has 1 aliphatic heterocycles. The first-order valence-corrected chi connectivity index (χ1v) is 8.75. The molecule has 1 aliphatic rings. The Labute approximate surface area is 154 Å². The van der Waals surface area contributed by atoms with Crippen LogP contribution in [-0.2, 0) is 9.53 Å². The van der Waals surface area contributed by atoms with Crippen LogP contribution < -0.4 is 10.6 Å². The van der Waals surface area contributed by atoms with E-state index >= 15 is 0 Å². The van der Waals surface area contributed by atoms with Crippen molar-refractivity contribution in [3.63, 3.8) is 0 Å². The summed E-state index contributed by atoms with van der Waals surface area (Å²) in [5, 5.41) is 5.97. The number of hydrogen-bond donors (Lipinski definition) is 2. The van der Waals surface area contributed by atoms with Crippen LogP contribution in [0.15, 0.2) is 29.2 Å². The van der Waals surface area contributed by atoms with Crippen molar-refractivity contribution < 1.29 is 18.7 Å². The third-order valence-electron chi connectivity index (χ3n) is 3.25. The fourth-order valence-electron chi connectivity index (χ4n) is 2.01. The molecular weight excluding hydrogens is 365 g/mol. The Balaban J connectivity index is 1.86. The van der Waals surface area contributed by atoms with E-state index in [2.05, 4.69) is 10.6 Å². The van der Waals surface area contributed by atoms with Crippen LogP contribution in [-0.4, -0.2) is 54.5 Å². The predicted molar refractivity (Wildman–Crippen MR) is 99.6 cm³/mol. The van der Waals surface area contributed by atoms with Crippen molar-refractivity contribution in [1.29, 1.82) is 0 Å². The highest BCUT2D eigenvalue weighted by Gasteiger charge is 2.34. The van der Waals surface area contributed by atoms with Gasteiger partial charge in [-0.2, -0.15) is 0 Å². The maximum Gasteiger partial charge on any atom is 0.293 e. The Morgan fingerprint density at radius 2 is 1.96 bits per heavy atom. The number of halogens is 1. The molecule has 1 heterocycles. The van der Waals surface area contributed by atoms with Crippen LogP contribution in [0.25, 0.3) is 6.08 Å². The SMILES string of the molecule is COCCNC(=S)NCCN1C(=O)S/C(=C\c2ccc(F)cc2)C1=O. The molecule has 1 saturated heterocycles. The van der Waals surface area contributed by atoms with E-state index in [4.69, 9.17) is 17.0 Å². The minimum absolute atomic E-state index is 0.206. The minimum atomic E-state index is -0.362. The van der Waals surface area contributed by atoms with Gasteiger partial charge in [0, 0.05) is 26.7 Å². The normalized spacial score (nSPS) is 15.8. The largest absolute Gasteiger partial charge is 0.383 e. The quantitative estimate of drug-likeness (QED) is 0.424. The van der Waals surface area contributed by atoms with Crippen molar-refractivity contribution >= 4 is 46.3 Å². The van der Waals surface area contributed by atoms with Crippen LogP contribution in [0.4, 0.5) is 9.18 Å². The average Bonchev–Trinajstić information content (AvgIpc) is 2.84. The van der Waals surface area contributed by atoms with Gasteiger partial charge in [0.2, 0.25) is 0 Å². The molecule has 2 N–H and O–H groups in total. The van der Waals surface area contributed by atoms with Crippen molar-refractivity contribution in [3.8, 4) is 0 Å². The summed E-state index contributed by atoms with van der Waals surface area (Å²) in [4.78, 5) is 25.8. The third-order valence-corrected chi connectivity index (χ3v) is 4.45. The maximum atomic E-state index is 12.9. The monoisotopic (exact) mass is 383 g/mol. The number of carbonyl (C=O) groups excluding carboxylic acids is 2. The van der Waals surface area contributed by atoms with Gasteiger partial charge in [0.15, 0.2) is 5.11 Å². The number of nitrogens with zero attached hydrogens (tertiary/aromatic N) is 1. The Hall–Kier alpha value is -1.97. The highest BCUT2D eigenvalue weighted by Crippen LogP contribution is 2.31. The zero-order valence-corrected chi connectivity index (χ0v) is 15.2. The van der Waals surface area contributed by atoms with Gasteiger partial charge in [-0.3, -0.25) is 14.5 Å². The summed E-state index contributed by atoms with van der Waals surface area (Å²) in [5.41, 5.74) is 0.661. The first-order valence-electron chi connectivity index (χ1n) is 7.53. The maximum absolute atomic E-state index is 12.9. The molecular formula is C16H18FN3O3S2. The van der Waals surface area contributed by atoms with Crippen molar-refractivity contribution in [3.05, 3.63) is 40.6 Å². The second-order valence-electron chi connectivity index (χ2n) is 5.06. The number of amides is 2. The van der Waals surface area contributed by atoms with Crippen molar-refractivity contribution in [2.75, 3.05) is 33.4 Å². The molecule has 0 spiro atoms. The van der Waals surface area contributed by atoms with E-state index in [0.717, 1.165) is 16.7 Å². The van der Waals surface area contributed by atoms with Crippen LogP contribution >= 0.6 is 24.0 Å². The predicted octanol–water partition coefficient (Wildman–Crippen LogP) is 1.97. The molecule has 0 aromatic heterocycles. The van der Waals surface area contributed by atoms with E-state index in [1.165, 1.54) is 12.1 Å². The van der Waals surface area contributed by atoms with Crippen molar-refractivity contribution in [2.24, 2.45) is 0 Å². The summed E-state index contributed by atoms with van der Waals surface area (Å²) in [5.74, 6) is -0.717. The summed E-state index contributed by atoms with van der Waals surface area (Å²) in [6.45, 7) is 1.65. The number of thioether (sulfide) groups is 1. The smallest absolute Gasteiger partial charge is 0.293 e. The minimum Gasteiger partial charge on any atom is -0.383 e. The van der Waals surface area contributed by atoms with Gasteiger partial charge in [0.25, 0.3) is 11.1 Å². The number of benzene rings is 1. The number of ether oxygens (including phenoxy) is 1. The summed E-state index contributed by atoms with van der Waals surface area (Å²) in [6, 6.07) is 5.71. The third kappa shape index (κ3) is 5.80. The molecule has 9 heteroatoms. The lowest BCUT2D eigenvalue weighted by Gasteiger charge is -2.14. The first kappa shape index (κ1) is 19.4.